The smallest absolute Gasteiger partial charge is 0.254 e. The van der Waals surface area contributed by atoms with Crippen LogP contribution in [0.3, 0.4) is 0 Å². The first-order chi connectivity index (χ1) is 12.5. The molecule has 2 fully saturated rings. The highest BCUT2D eigenvalue weighted by Gasteiger charge is 2.41. The minimum atomic E-state index is -0.203. The first-order valence-corrected chi connectivity index (χ1v) is 9.48. The summed E-state index contributed by atoms with van der Waals surface area (Å²) in [6.45, 7) is 7.24. The Labute approximate surface area is 155 Å². The maximum absolute atomic E-state index is 13.0. The number of nitrogens with one attached hydrogen (secondary N) is 1. The maximum atomic E-state index is 13.0. The van der Waals surface area contributed by atoms with Gasteiger partial charge in [0.2, 0.25) is 5.91 Å². The van der Waals surface area contributed by atoms with E-state index in [1.54, 1.807) is 0 Å². The SMILES string of the molecule is C=CC(=O)NCc1ccc(C(=O)N2CC(C)OC3(CCCCC3)C2)cc1. The molecule has 5 nitrogen and oxygen atoms in total. The lowest BCUT2D eigenvalue weighted by atomic mass is 9.83. The van der Waals surface area contributed by atoms with Gasteiger partial charge in [0.25, 0.3) is 5.91 Å². The first-order valence-electron chi connectivity index (χ1n) is 9.48. The van der Waals surface area contributed by atoms with Crippen molar-refractivity contribution >= 4 is 11.8 Å². The molecule has 1 aliphatic carbocycles. The Balaban J connectivity index is 1.66. The normalized spacial score (nSPS) is 22.0. The maximum Gasteiger partial charge on any atom is 0.254 e. The van der Waals surface area contributed by atoms with E-state index in [1.165, 1.54) is 25.3 Å². The summed E-state index contributed by atoms with van der Waals surface area (Å²) in [7, 11) is 0. The van der Waals surface area contributed by atoms with E-state index in [0.717, 1.165) is 18.4 Å². The molecule has 1 saturated heterocycles. The van der Waals surface area contributed by atoms with Crippen LogP contribution in [0.15, 0.2) is 36.9 Å². The van der Waals surface area contributed by atoms with E-state index in [4.69, 9.17) is 4.74 Å². The van der Waals surface area contributed by atoms with Gasteiger partial charge in [-0.05, 0) is 43.5 Å². The molecule has 0 bridgehead atoms. The number of hydrogen-bond acceptors (Lipinski definition) is 3. The fraction of sp³-hybridized carbons (Fsp3) is 0.524. The fourth-order valence-corrected chi connectivity index (χ4v) is 4.06. The van der Waals surface area contributed by atoms with Crippen molar-refractivity contribution in [3.05, 3.63) is 48.0 Å². The molecule has 1 aromatic carbocycles. The van der Waals surface area contributed by atoms with Crippen molar-refractivity contribution < 1.29 is 14.3 Å². The number of nitrogens with zero attached hydrogens (tertiary/aromatic N) is 1. The Morgan fingerprint density at radius 2 is 1.96 bits per heavy atom. The summed E-state index contributed by atoms with van der Waals surface area (Å²) >= 11 is 0. The molecule has 0 aromatic heterocycles. The van der Waals surface area contributed by atoms with Gasteiger partial charge >= 0.3 is 0 Å². The van der Waals surface area contributed by atoms with Crippen molar-refractivity contribution in [1.29, 1.82) is 0 Å². The molecule has 5 heteroatoms. The summed E-state index contributed by atoms with van der Waals surface area (Å²) in [6, 6.07) is 7.45. The summed E-state index contributed by atoms with van der Waals surface area (Å²) < 4.78 is 6.27. The number of hydrogen-bond donors (Lipinski definition) is 1. The van der Waals surface area contributed by atoms with Gasteiger partial charge in [0.05, 0.1) is 18.2 Å². The highest BCUT2D eigenvalue weighted by atomic mass is 16.5. The molecule has 1 heterocycles. The van der Waals surface area contributed by atoms with E-state index >= 15 is 0 Å². The Morgan fingerprint density at radius 3 is 2.62 bits per heavy atom. The number of morpholine rings is 1. The minimum Gasteiger partial charge on any atom is -0.368 e. The molecule has 1 aliphatic heterocycles. The van der Waals surface area contributed by atoms with E-state index in [2.05, 4.69) is 18.8 Å². The van der Waals surface area contributed by atoms with E-state index in [1.807, 2.05) is 29.2 Å². The molecular formula is C21H28N2O3. The molecule has 1 N–H and O–H groups in total. The van der Waals surface area contributed by atoms with Crippen LogP contribution in [-0.2, 0) is 16.1 Å². The molecule has 1 unspecified atom stereocenters. The minimum absolute atomic E-state index is 0.0618. The van der Waals surface area contributed by atoms with Crippen LogP contribution in [0.1, 0.15) is 54.9 Å². The van der Waals surface area contributed by atoms with Crippen molar-refractivity contribution in [3.63, 3.8) is 0 Å². The van der Waals surface area contributed by atoms with Crippen LogP contribution in [0, 0.1) is 0 Å². The third kappa shape index (κ3) is 4.33. The number of benzene rings is 1. The Kier molecular flexibility index (Phi) is 5.77. The van der Waals surface area contributed by atoms with Gasteiger partial charge in [-0.3, -0.25) is 9.59 Å². The summed E-state index contributed by atoms with van der Waals surface area (Å²) in [6.07, 6.45) is 7.03. The molecule has 1 saturated carbocycles. The Hall–Kier alpha value is -2.14. The van der Waals surface area contributed by atoms with E-state index in [9.17, 15) is 9.59 Å². The molecule has 2 aliphatic rings. The van der Waals surface area contributed by atoms with Crippen molar-refractivity contribution in [2.24, 2.45) is 0 Å². The van der Waals surface area contributed by atoms with Crippen molar-refractivity contribution in [3.8, 4) is 0 Å². The molecule has 1 atom stereocenters. The zero-order valence-electron chi connectivity index (χ0n) is 15.5. The number of carbonyl (C=O) groups is 2. The largest absolute Gasteiger partial charge is 0.368 e. The van der Waals surface area contributed by atoms with Gasteiger partial charge in [0, 0.05) is 18.7 Å². The second-order valence-electron chi connectivity index (χ2n) is 7.48. The van der Waals surface area contributed by atoms with Crippen molar-refractivity contribution in [1.82, 2.24) is 10.2 Å². The third-order valence-corrected chi connectivity index (χ3v) is 5.31. The summed E-state index contributed by atoms with van der Waals surface area (Å²) in [5, 5.41) is 2.74. The lowest BCUT2D eigenvalue weighted by Gasteiger charge is -2.47. The van der Waals surface area contributed by atoms with Gasteiger partial charge in [-0.15, -0.1) is 0 Å². The van der Waals surface area contributed by atoms with Gasteiger partial charge in [-0.2, -0.15) is 0 Å². The van der Waals surface area contributed by atoms with Gasteiger partial charge < -0.3 is 15.0 Å². The Bertz CT molecular complexity index is 662. The van der Waals surface area contributed by atoms with Crippen LogP contribution >= 0.6 is 0 Å². The Morgan fingerprint density at radius 1 is 1.27 bits per heavy atom. The number of amides is 2. The molecule has 26 heavy (non-hydrogen) atoms. The standard InChI is InChI=1S/C21H28N2O3/c1-3-19(24)22-13-17-7-9-18(10-8-17)20(25)23-14-16(2)26-21(15-23)11-5-4-6-12-21/h3,7-10,16H,1,4-6,11-15H2,2H3,(H,22,24). The topological polar surface area (TPSA) is 58.6 Å². The van der Waals surface area contributed by atoms with Crippen LogP contribution in [0.5, 0.6) is 0 Å². The molecule has 0 radical (unpaired) electrons. The summed E-state index contributed by atoms with van der Waals surface area (Å²) in [4.78, 5) is 26.2. The van der Waals surface area contributed by atoms with Crippen molar-refractivity contribution in [2.45, 2.75) is 57.3 Å². The van der Waals surface area contributed by atoms with Crippen molar-refractivity contribution in [2.75, 3.05) is 13.1 Å². The number of rotatable bonds is 4. The monoisotopic (exact) mass is 356 g/mol. The first kappa shape index (κ1) is 18.6. The van der Waals surface area contributed by atoms with E-state index in [-0.39, 0.29) is 23.5 Å². The molecule has 1 spiro atoms. The van der Waals surface area contributed by atoms with Crippen LogP contribution in [-0.4, -0.2) is 41.5 Å². The van der Waals surface area contributed by atoms with Gasteiger partial charge in [-0.1, -0.05) is 38.0 Å². The van der Waals surface area contributed by atoms with Crippen LogP contribution in [0.4, 0.5) is 0 Å². The van der Waals surface area contributed by atoms with E-state index in [0.29, 0.717) is 25.2 Å². The predicted molar refractivity (Wildman–Crippen MR) is 101 cm³/mol. The van der Waals surface area contributed by atoms with Crippen LogP contribution in [0.25, 0.3) is 0 Å². The second-order valence-corrected chi connectivity index (χ2v) is 7.48. The van der Waals surface area contributed by atoms with Gasteiger partial charge in [0.15, 0.2) is 0 Å². The van der Waals surface area contributed by atoms with Gasteiger partial charge in [-0.25, -0.2) is 0 Å². The average Bonchev–Trinajstić information content (AvgIpc) is 2.66. The van der Waals surface area contributed by atoms with E-state index < -0.39 is 0 Å². The quantitative estimate of drug-likeness (QED) is 0.844. The third-order valence-electron chi connectivity index (χ3n) is 5.31. The van der Waals surface area contributed by atoms with Gasteiger partial charge in [0.1, 0.15) is 0 Å². The summed E-state index contributed by atoms with van der Waals surface area (Å²) in [5.74, 6) is -0.142. The second kappa shape index (κ2) is 8.04. The lowest BCUT2D eigenvalue weighted by molar-refractivity contribution is -0.154. The summed E-state index contributed by atoms with van der Waals surface area (Å²) in [5.41, 5.74) is 1.49. The molecule has 2 amide bonds. The molecular weight excluding hydrogens is 328 g/mol. The predicted octanol–water partition coefficient (Wildman–Crippen LogP) is 3.05. The lowest BCUT2D eigenvalue weighted by Crippen LogP contribution is -2.57. The molecule has 140 valence electrons. The highest BCUT2D eigenvalue weighted by Crippen LogP contribution is 2.36. The number of carbonyl (C=O) groups excluding carboxylic acids is 2. The zero-order chi connectivity index (χ0) is 18.6. The zero-order valence-corrected chi connectivity index (χ0v) is 15.5. The van der Waals surface area contributed by atoms with Crippen LogP contribution in [0.2, 0.25) is 0 Å². The average molecular weight is 356 g/mol. The number of ether oxygens (including phenoxy) is 1. The highest BCUT2D eigenvalue weighted by molar-refractivity contribution is 5.94. The van der Waals surface area contributed by atoms with Crippen LogP contribution < -0.4 is 5.32 Å². The fourth-order valence-electron chi connectivity index (χ4n) is 4.06. The molecule has 1 aromatic rings. The molecule has 3 rings (SSSR count).